The SMILES string of the molecule is CC(C)(C)CCNC(=O)CN1CCc2ccccc21. The predicted octanol–water partition coefficient (Wildman–Crippen LogP) is 2.60. The number of para-hydroxylation sites is 1. The molecule has 1 N–H and O–H groups in total. The molecule has 1 aliphatic heterocycles. The van der Waals surface area contributed by atoms with Gasteiger partial charge in [0.15, 0.2) is 0 Å². The average molecular weight is 260 g/mol. The normalized spacial score (nSPS) is 14.4. The summed E-state index contributed by atoms with van der Waals surface area (Å²) in [4.78, 5) is 14.1. The maximum atomic E-state index is 11.9. The van der Waals surface area contributed by atoms with E-state index in [-0.39, 0.29) is 11.3 Å². The van der Waals surface area contributed by atoms with Gasteiger partial charge >= 0.3 is 0 Å². The molecule has 3 nitrogen and oxygen atoms in total. The fourth-order valence-corrected chi connectivity index (χ4v) is 2.38. The van der Waals surface area contributed by atoms with Gasteiger partial charge in [-0.2, -0.15) is 0 Å². The maximum Gasteiger partial charge on any atom is 0.239 e. The number of rotatable bonds is 4. The molecular weight excluding hydrogens is 236 g/mol. The van der Waals surface area contributed by atoms with Gasteiger partial charge in [0.05, 0.1) is 6.54 Å². The second-order valence-electron chi connectivity index (χ2n) is 6.46. The topological polar surface area (TPSA) is 32.3 Å². The lowest BCUT2D eigenvalue weighted by atomic mass is 9.92. The van der Waals surface area contributed by atoms with Crippen LogP contribution in [0.1, 0.15) is 32.8 Å². The van der Waals surface area contributed by atoms with Crippen LogP contribution < -0.4 is 10.2 Å². The molecule has 0 aromatic heterocycles. The van der Waals surface area contributed by atoms with E-state index in [2.05, 4.69) is 49.2 Å². The van der Waals surface area contributed by atoms with Crippen LogP contribution in [-0.2, 0) is 11.2 Å². The number of nitrogens with one attached hydrogen (secondary N) is 1. The number of carbonyl (C=O) groups is 1. The van der Waals surface area contributed by atoms with Gasteiger partial charge in [-0.25, -0.2) is 0 Å². The highest BCUT2D eigenvalue weighted by Crippen LogP contribution is 2.26. The lowest BCUT2D eigenvalue weighted by Gasteiger charge is -2.21. The Labute approximate surface area is 116 Å². The summed E-state index contributed by atoms with van der Waals surface area (Å²) in [7, 11) is 0. The van der Waals surface area contributed by atoms with Crippen LogP contribution in [0.25, 0.3) is 0 Å². The summed E-state index contributed by atoms with van der Waals surface area (Å²) in [5.41, 5.74) is 2.84. The molecule has 19 heavy (non-hydrogen) atoms. The highest BCUT2D eigenvalue weighted by atomic mass is 16.2. The van der Waals surface area contributed by atoms with Crippen molar-refractivity contribution in [2.75, 3.05) is 24.5 Å². The van der Waals surface area contributed by atoms with Gasteiger partial charge in [0.2, 0.25) is 5.91 Å². The van der Waals surface area contributed by atoms with Crippen molar-refractivity contribution in [1.29, 1.82) is 0 Å². The fourth-order valence-electron chi connectivity index (χ4n) is 2.38. The van der Waals surface area contributed by atoms with Gasteiger partial charge in [-0.3, -0.25) is 4.79 Å². The average Bonchev–Trinajstić information content (AvgIpc) is 2.71. The highest BCUT2D eigenvalue weighted by Gasteiger charge is 2.20. The maximum absolute atomic E-state index is 11.9. The van der Waals surface area contributed by atoms with Crippen molar-refractivity contribution in [3.05, 3.63) is 29.8 Å². The van der Waals surface area contributed by atoms with E-state index < -0.39 is 0 Å². The smallest absolute Gasteiger partial charge is 0.239 e. The van der Waals surface area contributed by atoms with Crippen LogP contribution in [0.3, 0.4) is 0 Å². The van der Waals surface area contributed by atoms with Crippen LogP contribution in [-0.4, -0.2) is 25.5 Å². The number of fused-ring (bicyclic) bond motifs is 1. The van der Waals surface area contributed by atoms with Crippen LogP contribution in [0.5, 0.6) is 0 Å². The van der Waals surface area contributed by atoms with Crippen molar-refractivity contribution in [2.45, 2.75) is 33.6 Å². The molecule has 0 fully saturated rings. The van der Waals surface area contributed by atoms with Gasteiger partial charge < -0.3 is 10.2 Å². The molecular formula is C16H24N2O. The van der Waals surface area contributed by atoms with Crippen molar-refractivity contribution in [3.63, 3.8) is 0 Å². The third kappa shape index (κ3) is 3.98. The molecule has 0 saturated carbocycles. The molecule has 1 amide bonds. The monoisotopic (exact) mass is 260 g/mol. The zero-order valence-electron chi connectivity index (χ0n) is 12.2. The summed E-state index contributed by atoms with van der Waals surface area (Å²) in [6.45, 7) is 8.76. The summed E-state index contributed by atoms with van der Waals surface area (Å²) < 4.78 is 0. The standard InChI is InChI=1S/C16H24N2O/c1-16(2,3)9-10-17-15(19)12-18-11-8-13-6-4-5-7-14(13)18/h4-7H,8-12H2,1-3H3,(H,17,19). The second kappa shape index (κ2) is 5.64. The predicted molar refractivity (Wildman–Crippen MR) is 79.4 cm³/mol. The minimum absolute atomic E-state index is 0.126. The third-order valence-electron chi connectivity index (χ3n) is 3.51. The van der Waals surface area contributed by atoms with E-state index in [1.807, 2.05) is 6.07 Å². The third-order valence-corrected chi connectivity index (χ3v) is 3.51. The molecule has 104 valence electrons. The van der Waals surface area contributed by atoms with E-state index in [4.69, 9.17) is 0 Å². The summed E-state index contributed by atoms with van der Waals surface area (Å²) >= 11 is 0. The first-order valence-electron chi connectivity index (χ1n) is 7.05. The van der Waals surface area contributed by atoms with E-state index in [9.17, 15) is 4.79 Å². The number of nitrogens with zero attached hydrogens (tertiary/aromatic N) is 1. The van der Waals surface area contributed by atoms with Crippen LogP contribution in [0.4, 0.5) is 5.69 Å². The van der Waals surface area contributed by atoms with E-state index in [1.54, 1.807) is 0 Å². The molecule has 1 aromatic rings. The van der Waals surface area contributed by atoms with Gasteiger partial charge in [0, 0.05) is 18.8 Å². The van der Waals surface area contributed by atoms with E-state index in [1.165, 1.54) is 11.3 Å². The van der Waals surface area contributed by atoms with Gasteiger partial charge in [-0.1, -0.05) is 39.0 Å². The largest absolute Gasteiger partial charge is 0.362 e. The Bertz CT molecular complexity index is 448. The van der Waals surface area contributed by atoms with Gasteiger partial charge in [0.1, 0.15) is 0 Å². The van der Waals surface area contributed by atoms with E-state index >= 15 is 0 Å². The van der Waals surface area contributed by atoms with Crippen molar-refractivity contribution in [3.8, 4) is 0 Å². The van der Waals surface area contributed by atoms with Gasteiger partial charge in [-0.05, 0) is 29.9 Å². The Balaban J connectivity index is 1.81. The van der Waals surface area contributed by atoms with Gasteiger partial charge in [-0.15, -0.1) is 0 Å². The number of hydrogen-bond acceptors (Lipinski definition) is 2. The summed E-state index contributed by atoms with van der Waals surface area (Å²) in [5, 5.41) is 3.02. The highest BCUT2D eigenvalue weighted by molar-refractivity contribution is 5.82. The molecule has 2 rings (SSSR count). The molecule has 0 saturated heterocycles. The molecule has 0 aliphatic carbocycles. The van der Waals surface area contributed by atoms with Crippen molar-refractivity contribution < 1.29 is 4.79 Å². The Kier molecular flexibility index (Phi) is 4.13. The lowest BCUT2D eigenvalue weighted by Crippen LogP contribution is -2.37. The van der Waals surface area contributed by atoms with Crippen LogP contribution >= 0.6 is 0 Å². The molecule has 0 bridgehead atoms. The second-order valence-corrected chi connectivity index (χ2v) is 6.46. The Morgan fingerprint density at radius 2 is 2.05 bits per heavy atom. The van der Waals surface area contributed by atoms with E-state index in [0.717, 1.165) is 25.9 Å². The molecule has 0 atom stereocenters. The minimum Gasteiger partial charge on any atom is -0.362 e. The number of benzene rings is 1. The first-order chi connectivity index (χ1) is 8.96. The summed E-state index contributed by atoms with van der Waals surface area (Å²) in [6.07, 6.45) is 2.06. The zero-order valence-corrected chi connectivity index (χ0v) is 12.2. The molecule has 0 unspecified atom stereocenters. The Morgan fingerprint density at radius 1 is 1.32 bits per heavy atom. The fraction of sp³-hybridized carbons (Fsp3) is 0.562. The Hall–Kier alpha value is -1.51. The van der Waals surface area contributed by atoms with Crippen LogP contribution in [0.2, 0.25) is 0 Å². The molecule has 1 aliphatic rings. The van der Waals surface area contributed by atoms with Crippen molar-refractivity contribution in [1.82, 2.24) is 5.32 Å². The molecule has 3 heteroatoms. The number of hydrogen-bond donors (Lipinski definition) is 1. The Morgan fingerprint density at radius 3 is 2.79 bits per heavy atom. The number of anilines is 1. The quantitative estimate of drug-likeness (QED) is 0.902. The van der Waals surface area contributed by atoms with E-state index in [0.29, 0.717) is 6.54 Å². The van der Waals surface area contributed by atoms with Crippen LogP contribution in [0, 0.1) is 5.41 Å². The first kappa shape index (κ1) is 13.9. The lowest BCUT2D eigenvalue weighted by molar-refractivity contribution is -0.119. The van der Waals surface area contributed by atoms with Crippen molar-refractivity contribution in [2.24, 2.45) is 5.41 Å². The summed E-state index contributed by atoms with van der Waals surface area (Å²) in [6, 6.07) is 8.35. The number of carbonyl (C=O) groups excluding carboxylic acids is 1. The number of amides is 1. The molecule has 1 aromatic carbocycles. The van der Waals surface area contributed by atoms with Crippen molar-refractivity contribution >= 4 is 11.6 Å². The summed E-state index contributed by atoms with van der Waals surface area (Å²) in [5.74, 6) is 0.126. The van der Waals surface area contributed by atoms with Crippen LogP contribution in [0.15, 0.2) is 24.3 Å². The minimum atomic E-state index is 0.126. The molecule has 1 heterocycles. The van der Waals surface area contributed by atoms with Gasteiger partial charge in [0.25, 0.3) is 0 Å². The molecule has 0 radical (unpaired) electrons. The zero-order chi connectivity index (χ0) is 13.9. The first-order valence-corrected chi connectivity index (χ1v) is 7.05. The molecule has 0 spiro atoms.